The Kier molecular flexibility index (Phi) is 4.11. The number of rotatable bonds is 2. The van der Waals surface area contributed by atoms with E-state index in [1.165, 1.54) is 24.3 Å². The molecule has 0 aliphatic carbocycles. The largest absolute Gasteiger partial charge is 0.508 e. The highest BCUT2D eigenvalue weighted by Gasteiger charge is 2.36. The molecule has 3 rings (SSSR count). The van der Waals surface area contributed by atoms with E-state index in [0.29, 0.717) is 5.56 Å². The molecular formula is C16H9ClFNO3S. The van der Waals surface area contributed by atoms with Crippen molar-refractivity contribution in [1.29, 1.82) is 0 Å². The Hall–Kier alpha value is -2.31. The van der Waals surface area contributed by atoms with Gasteiger partial charge in [-0.25, -0.2) is 9.29 Å². The summed E-state index contributed by atoms with van der Waals surface area (Å²) in [5.41, 5.74) is 0.887. The third-order valence-electron chi connectivity index (χ3n) is 3.15. The van der Waals surface area contributed by atoms with Gasteiger partial charge in [0.25, 0.3) is 11.1 Å². The molecule has 2 amide bonds. The van der Waals surface area contributed by atoms with Crippen molar-refractivity contribution in [2.75, 3.05) is 4.90 Å². The van der Waals surface area contributed by atoms with E-state index >= 15 is 0 Å². The minimum absolute atomic E-state index is 0.108. The van der Waals surface area contributed by atoms with Crippen LogP contribution < -0.4 is 4.90 Å². The maximum atomic E-state index is 13.2. The zero-order valence-corrected chi connectivity index (χ0v) is 13.1. The predicted molar refractivity (Wildman–Crippen MR) is 88.0 cm³/mol. The second-order valence-corrected chi connectivity index (χ2v) is 6.11. The highest BCUT2D eigenvalue weighted by molar-refractivity contribution is 8.19. The van der Waals surface area contributed by atoms with Gasteiger partial charge in [0.2, 0.25) is 0 Å². The molecule has 23 heavy (non-hydrogen) atoms. The molecule has 0 unspecified atom stereocenters. The first-order valence-corrected chi connectivity index (χ1v) is 7.67. The number of nitrogens with zero attached hydrogens (tertiary/aromatic N) is 1. The van der Waals surface area contributed by atoms with Crippen LogP contribution in [-0.2, 0) is 4.79 Å². The van der Waals surface area contributed by atoms with Crippen LogP contribution in [0.1, 0.15) is 5.56 Å². The van der Waals surface area contributed by atoms with Gasteiger partial charge in [-0.1, -0.05) is 23.7 Å². The van der Waals surface area contributed by atoms with E-state index in [1.54, 1.807) is 18.2 Å². The lowest BCUT2D eigenvalue weighted by molar-refractivity contribution is -0.113. The second-order valence-electron chi connectivity index (χ2n) is 4.71. The van der Waals surface area contributed by atoms with Gasteiger partial charge in [0.15, 0.2) is 0 Å². The van der Waals surface area contributed by atoms with Gasteiger partial charge in [0.1, 0.15) is 11.6 Å². The van der Waals surface area contributed by atoms with E-state index in [1.807, 2.05) is 0 Å². The predicted octanol–water partition coefficient (Wildman–Crippen LogP) is 4.43. The lowest BCUT2D eigenvalue weighted by Crippen LogP contribution is -2.27. The van der Waals surface area contributed by atoms with Gasteiger partial charge in [-0.2, -0.15) is 0 Å². The van der Waals surface area contributed by atoms with E-state index < -0.39 is 17.0 Å². The van der Waals surface area contributed by atoms with Crippen LogP contribution >= 0.6 is 23.4 Å². The molecule has 0 saturated carbocycles. The Bertz CT molecular complexity index is 836. The van der Waals surface area contributed by atoms with E-state index in [2.05, 4.69) is 0 Å². The van der Waals surface area contributed by atoms with Crippen molar-refractivity contribution >= 4 is 46.3 Å². The molecule has 0 spiro atoms. The normalized spacial score (nSPS) is 16.4. The van der Waals surface area contributed by atoms with Crippen LogP contribution in [0.3, 0.4) is 0 Å². The molecule has 0 radical (unpaired) electrons. The fraction of sp³-hybridized carbons (Fsp3) is 0. The Morgan fingerprint density at radius 3 is 2.48 bits per heavy atom. The molecule has 4 nitrogen and oxygen atoms in total. The first-order chi connectivity index (χ1) is 11.0. The van der Waals surface area contributed by atoms with E-state index in [4.69, 9.17) is 11.6 Å². The number of carbonyl (C=O) groups is 2. The number of halogens is 2. The Morgan fingerprint density at radius 1 is 1.13 bits per heavy atom. The average molecular weight is 350 g/mol. The number of benzene rings is 2. The molecule has 1 aliphatic rings. The standard InChI is InChI=1S/C16H9ClFNO3S/c17-12-8-10(3-6-13(12)18)19-15(21)14(23-16(19)22)7-9-1-4-11(20)5-2-9/h1-8,20H/b14-7-. The topological polar surface area (TPSA) is 57.6 Å². The minimum atomic E-state index is -0.623. The fourth-order valence-corrected chi connectivity index (χ4v) is 3.05. The number of aromatic hydroxyl groups is 1. The number of amides is 2. The monoisotopic (exact) mass is 349 g/mol. The molecule has 1 heterocycles. The van der Waals surface area contributed by atoms with Crippen molar-refractivity contribution in [3.8, 4) is 5.75 Å². The van der Waals surface area contributed by atoms with E-state index in [0.717, 1.165) is 22.7 Å². The zero-order valence-electron chi connectivity index (χ0n) is 11.5. The smallest absolute Gasteiger partial charge is 0.298 e. The van der Waals surface area contributed by atoms with Crippen LogP contribution in [0.4, 0.5) is 14.9 Å². The maximum absolute atomic E-state index is 13.2. The van der Waals surface area contributed by atoms with Crippen molar-refractivity contribution in [3.63, 3.8) is 0 Å². The molecule has 0 bridgehead atoms. The van der Waals surface area contributed by atoms with Gasteiger partial charge in [-0.15, -0.1) is 0 Å². The average Bonchev–Trinajstić information content (AvgIpc) is 2.79. The molecule has 0 aromatic heterocycles. The van der Waals surface area contributed by atoms with Crippen molar-refractivity contribution < 1.29 is 19.1 Å². The highest BCUT2D eigenvalue weighted by atomic mass is 35.5. The van der Waals surface area contributed by atoms with Crippen LogP contribution in [0, 0.1) is 5.82 Å². The van der Waals surface area contributed by atoms with Crippen molar-refractivity contribution in [2.45, 2.75) is 0 Å². The highest BCUT2D eigenvalue weighted by Crippen LogP contribution is 2.36. The maximum Gasteiger partial charge on any atom is 0.298 e. The summed E-state index contributed by atoms with van der Waals surface area (Å²) in [6.07, 6.45) is 1.55. The molecule has 1 saturated heterocycles. The Labute approximate surface area is 140 Å². The van der Waals surface area contributed by atoms with Crippen LogP contribution in [0.5, 0.6) is 5.75 Å². The van der Waals surface area contributed by atoms with Crippen LogP contribution in [0.2, 0.25) is 5.02 Å². The lowest BCUT2D eigenvalue weighted by Gasteiger charge is -2.12. The minimum Gasteiger partial charge on any atom is -0.508 e. The van der Waals surface area contributed by atoms with Crippen LogP contribution in [-0.4, -0.2) is 16.3 Å². The summed E-state index contributed by atoms with van der Waals surface area (Å²) in [6, 6.07) is 9.87. The molecule has 0 atom stereocenters. The molecule has 2 aromatic carbocycles. The molecule has 116 valence electrons. The van der Waals surface area contributed by atoms with Crippen molar-refractivity contribution in [1.82, 2.24) is 0 Å². The summed E-state index contributed by atoms with van der Waals surface area (Å²) >= 11 is 6.48. The summed E-state index contributed by atoms with van der Waals surface area (Å²) < 4.78 is 13.2. The molecular weight excluding hydrogens is 341 g/mol. The number of hydrogen-bond donors (Lipinski definition) is 1. The fourth-order valence-electron chi connectivity index (χ4n) is 2.04. The molecule has 1 fully saturated rings. The molecule has 2 aromatic rings. The van der Waals surface area contributed by atoms with E-state index in [9.17, 15) is 19.1 Å². The quantitative estimate of drug-likeness (QED) is 0.815. The molecule has 1 N–H and O–H groups in total. The Balaban J connectivity index is 1.93. The second kappa shape index (κ2) is 6.06. The SMILES string of the molecule is O=C1S/C(=C\c2ccc(O)cc2)C(=O)N1c1ccc(F)c(Cl)c1. The number of phenolic OH excluding ortho intramolecular Hbond substituents is 1. The van der Waals surface area contributed by atoms with Gasteiger partial charge < -0.3 is 5.11 Å². The first kappa shape index (κ1) is 15.6. The van der Waals surface area contributed by atoms with Crippen molar-refractivity contribution in [2.24, 2.45) is 0 Å². The third kappa shape index (κ3) is 3.09. The van der Waals surface area contributed by atoms with Gasteiger partial charge in [0, 0.05) is 0 Å². The summed E-state index contributed by atoms with van der Waals surface area (Å²) in [7, 11) is 0. The molecule has 7 heteroatoms. The van der Waals surface area contributed by atoms with Gasteiger partial charge >= 0.3 is 0 Å². The van der Waals surface area contributed by atoms with Gasteiger partial charge in [0.05, 0.1) is 15.6 Å². The summed E-state index contributed by atoms with van der Waals surface area (Å²) in [4.78, 5) is 25.7. The number of thioether (sulfide) groups is 1. The van der Waals surface area contributed by atoms with E-state index in [-0.39, 0.29) is 21.4 Å². The molecule has 1 aliphatic heterocycles. The van der Waals surface area contributed by atoms with Gasteiger partial charge in [-0.05, 0) is 53.7 Å². The van der Waals surface area contributed by atoms with Crippen molar-refractivity contribution in [3.05, 3.63) is 63.8 Å². The van der Waals surface area contributed by atoms with Gasteiger partial charge in [-0.3, -0.25) is 9.59 Å². The first-order valence-electron chi connectivity index (χ1n) is 6.48. The summed E-state index contributed by atoms with van der Waals surface area (Å²) in [6.45, 7) is 0. The Morgan fingerprint density at radius 2 is 1.83 bits per heavy atom. The lowest BCUT2D eigenvalue weighted by atomic mass is 10.2. The summed E-state index contributed by atoms with van der Waals surface area (Å²) in [5.74, 6) is -1.02. The number of phenols is 1. The van der Waals surface area contributed by atoms with Crippen LogP contribution in [0.15, 0.2) is 47.4 Å². The summed E-state index contributed by atoms with van der Waals surface area (Å²) in [5, 5.41) is 8.61. The number of anilines is 1. The number of hydrogen-bond acceptors (Lipinski definition) is 4. The third-order valence-corrected chi connectivity index (χ3v) is 4.31. The number of imide groups is 1. The van der Waals surface area contributed by atoms with Crippen LogP contribution in [0.25, 0.3) is 6.08 Å². The zero-order chi connectivity index (χ0) is 16.6. The number of carbonyl (C=O) groups excluding carboxylic acids is 2.